The van der Waals surface area contributed by atoms with Gasteiger partial charge in [0.2, 0.25) is 5.91 Å². The zero-order valence-electron chi connectivity index (χ0n) is 10.3. The number of hydrogen-bond donors (Lipinski definition) is 1. The second kappa shape index (κ2) is 6.11. The molecule has 2 atom stereocenters. The van der Waals surface area contributed by atoms with Gasteiger partial charge in [0.25, 0.3) is 0 Å². The molecule has 1 amide bonds. The molecule has 0 aliphatic carbocycles. The predicted molar refractivity (Wildman–Crippen MR) is 62.7 cm³/mol. The van der Waals surface area contributed by atoms with E-state index in [9.17, 15) is 4.79 Å². The molecule has 0 bridgehead atoms. The topological polar surface area (TPSA) is 32.3 Å². The normalized spacial score (nSPS) is 22.7. The summed E-state index contributed by atoms with van der Waals surface area (Å²) in [5.74, 6) is 0.908. The van der Waals surface area contributed by atoms with Gasteiger partial charge < -0.3 is 10.2 Å². The van der Waals surface area contributed by atoms with Crippen molar-refractivity contribution < 1.29 is 4.79 Å². The van der Waals surface area contributed by atoms with Crippen LogP contribution in [0.4, 0.5) is 0 Å². The fourth-order valence-corrected chi connectivity index (χ4v) is 2.00. The van der Waals surface area contributed by atoms with Crippen LogP contribution in [0, 0.1) is 5.92 Å². The molecular formula is C12H24N2O. The lowest BCUT2D eigenvalue weighted by Crippen LogP contribution is -2.45. The average Bonchev–Trinajstić information content (AvgIpc) is 2.77. The molecule has 1 unspecified atom stereocenters. The zero-order valence-corrected chi connectivity index (χ0v) is 10.3. The number of nitrogens with zero attached hydrogens (tertiary/aromatic N) is 1. The highest BCUT2D eigenvalue weighted by Gasteiger charge is 2.26. The van der Waals surface area contributed by atoms with Crippen molar-refractivity contribution in [2.45, 2.75) is 46.1 Å². The van der Waals surface area contributed by atoms with E-state index in [4.69, 9.17) is 0 Å². The van der Waals surface area contributed by atoms with Gasteiger partial charge in [-0.2, -0.15) is 0 Å². The maximum Gasteiger partial charge on any atom is 0.239 e. The highest BCUT2D eigenvalue weighted by Crippen LogP contribution is 2.11. The van der Waals surface area contributed by atoms with Gasteiger partial charge in [-0.05, 0) is 32.2 Å². The van der Waals surface area contributed by atoms with Crippen molar-refractivity contribution in [1.82, 2.24) is 10.2 Å². The van der Waals surface area contributed by atoms with Crippen molar-refractivity contribution in [3.05, 3.63) is 0 Å². The van der Waals surface area contributed by atoms with E-state index in [1.54, 1.807) is 0 Å². The predicted octanol–water partition coefficient (Wildman–Crippen LogP) is 1.63. The van der Waals surface area contributed by atoms with E-state index in [0.717, 1.165) is 38.9 Å². The summed E-state index contributed by atoms with van der Waals surface area (Å²) in [4.78, 5) is 14.1. The molecule has 15 heavy (non-hydrogen) atoms. The summed E-state index contributed by atoms with van der Waals surface area (Å²) in [6, 6.07) is 0.0917. The second-order valence-corrected chi connectivity index (χ2v) is 4.54. The first-order valence-electron chi connectivity index (χ1n) is 6.21. The molecule has 0 radical (unpaired) electrons. The Morgan fingerprint density at radius 3 is 2.73 bits per heavy atom. The first-order chi connectivity index (χ1) is 7.19. The van der Waals surface area contributed by atoms with Gasteiger partial charge in [-0.25, -0.2) is 0 Å². The van der Waals surface area contributed by atoms with Crippen molar-refractivity contribution >= 4 is 5.91 Å². The van der Waals surface area contributed by atoms with Crippen LogP contribution < -0.4 is 5.32 Å². The van der Waals surface area contributed by atoms with Crippen LogP contribution in [-0.2, 0) is 4.79 Å². The van der Waals surface area contributed by atoms with E-state index >= 15 is 0 Å². The van der Waals surface area contributed by atoms with Gasteiger partial charge in [0, 0.05) is 13.1 Å². The van der Waals surface area contributed by atoms with E-state index in [2.05, 4.69) is 26.1 Å². The monoisotopic (exact) mass is 212 g/mol. The van der Waals surface area contributed by atoms with E-state index < -0.39 is 0 Å². The third-order valence-corrected chi connectivity index (χ3v) is 3.28. The summed E-state index contributed by atoms with van der Waals surface area (Å²) in [5.41, 5.74) is 0. The highest BCUT2D eigenvalue weighted by molar-refractivity contribution is 5.82. The van der Waals surface area contributed by atoms with Gasteiger partial charge in [-0.3, -0.25) is 4.79 Å². The number of nitrogens with one attached hydrogen (secondary N) is 1. The molecular weight excluding hydrogens is 188 g/mol. The van der Waals surface area contributed by atoms with E-state index in [1.807, 2.05) is 4.90 Å². The summed E-state index contributed by atoms with van der Waals surface area (Å²) in [5, 5.41) is 3.27. The van der Waals surface area contributed by atoms with Crippen LogP contribution in [0.5, 0.6) is 0 Å². The largest absolute Gasteiger partial charge is 0.341 e. The van der Waals surface area contributed by atoms with E-state index in [-0.39, 0.29) is 6.04 Å². The number of carbonyl (C=O) groups excluding carboxylic acids is 1. The average molecular weight is 212 g/mol. The Labute approximate surface area is 93.2 Å². The molecule has 3 nitrogen and oxygen atoms in total. The van der Waals surface area contributed by atoms with Crippen molar-refractivity contribution in [2.75, 3.05) is 19.6 Å². The molecule has 1 aliphatic rings. The van der Waals surface area contributed by atoms with Crippen molar-refractivity contribution in [3.63, 3.8) is 0 Å². The minimum Gasteiger partial charge on any atom is -0.341 e. The van der Waals surface area contributed by atoms with Crippen LogP contribution in [0.15, 0.2) is 0 Å². The van der Waals surface area contributed by atoms with E-state index in [1.165, 1.54) is 0 Å². The van der Waals surface area contributed by atoms with Gasteiger partial charge in [-0.1, -0.05) is 20.3 Å². The molecule has 1 saturated heterocycles. The third-order valence-electron chi connectivity index (χ3n) is 3.28. The van der Waals surface area contributed by atoms with Gasteiger partial charge in [0.15, 0.2) is 0 Å². The Kier molecular flexibility index (Phi) is 5.09. The zero-order chi connectivity index (χ0) is 11.3. The first-order valence-corrected chi connectivity index (χ1v) is 6.21. The number of likely N-dealkylation sites (N-methyl/N-ethyl adjacent to an activating group) is 1. The SMILES string of the molecule is CCC(C)CN(CC)C(=O)[C@H]1CCCN1. The number of amides is 1. The van der Waals surface area contributed by atoms with E-state index in [0.29, 0.717) is 11.8 Å². The van der Waals surface area contributed by atoms with Crippen LogP contribution in [-0.4, -0.2) is 36.5 Å². The molecule has 1 fully saturated rings. The second-order valence-electron chi connectivity index (χ2n) is 4.54. The maximum absolute atomic E-state index is 12.1. The molecule has 1 N–H and O–H groups in total. The Morgan fingerprint density at radius 2 is 2.27 bits per heavy atom. The number of rotatable bonds is 5. The first kappa shape index (κ1) is 12.5. The molecule has 0 saturated carbocycles. The van der Waals surface area contributed by atoms with Crippen molar-refractivity contribution in [3.8, 4) is 0 Å². The van der Waals surface area contributed by atoms with Crippen LogP contribution >= 0.6 is 0 Å². The van der Waals surface area contributed by atoms with Gasteiger partial charge in [0.1, 0.15) is 0 Å². The van der Waals surface area contributed by atoms with Crippen LogP contribution in [0.1, 0.15) is 40.0 Å². The lowest BCUT2D eigenvalue weighted by molar-refractivity contribution is -0.133. The molecule has 0 aromatic carbocycles. The van der Waals surface area contributed by atoms with Crippen LogP contribution in [0.3, 0.4) is 0 Å². The fraction of sp³-hybridized carbons (Fsp3) is 0.917. The van der Waals surface area contributed by atoms with Gasteiger partial charge in [-0.15, -0.1) is 0 Å². The Hall–Kier alpha value is -0.570. The van der Waals surface area contributed by atoms with Crippen molar-refractivity contribution in [2.24, 2.45) is 5.92 Å². The third kappa shape index (κ3) is 3.49. The Balaban J connectivity index is 2.45. The Bertz CT molecular complexity index is 200. The number of hydrogen-bond acceptors (Lipinski definition) is 2. The lowest BCUT2D eigenvalue weighted by atomic mass is 10.1. The number of carbonyl (C=O) groups is 1. The molecule has 1 heterocycles. The fourth-order valence-electron chi connectivity index (χ4n) is 2.00. The van der Waals surface area contributed by atoms with Crippen LogP contribution in [0.2, 0.25) is 0 Å². The van der Waals surface area contributed by atoms with Gasteiger partial charge in [0.05, 0.1) is 6.04 Å². The summed E-state index contributed by atoms with van der Waals surface area (Å²) < 4.78 is 0. The van der Waals surface area contributed by atoms with Crippen LogP contribution in [0.25, 0.3) is 0 Å². The standard InChI is InChI=1S/C12H24N2O/c1-4-10(3)9-14(5-2)12(15)11-7-6-8-13-11/h10-11,13H,4-9H2,1-3H3/t10?,11-/m1/s1. The molecule has 0 aromatic rings. The Morgan fingerprint density at radius 1 is 1.53 bits per heavy atom. The molecule has 3 heteroatoms. The summed E-state index contributed by atoms with van der Waals surface area (Å²) in [7, 11) is 0. The smallest absolute Gasteiger partial charge is 0.239 e. The molecule has 0 spiro atoms. The minimum absolute atomic E-state index is 0.0917. The summed E-state index contributed by atoms with van der Waals surface area (Å²) >= 11 is 0. The molecule has 88 valence electrons. The molecule has 1 aliphatic heterocycles. The molecule has 1 rings (SSSR count). The maximum atomic E-state index is 12.1. The van der Waals surface area contributed by atoms with Gasteiger partial charge >= 0.3 is 0 Å². The molecule has 0 aromatic heterocycles. The lowest BCUT2D eigenvalue weighted by Gasteiger charge is -2.26. The quantitative estimate of drug-likeness (QED) is 0.751. The summed E-state index contributed by atoms with van der Waals surface area (Å²) in [6.07, 6.45) is 3.29. The highest BCUT2D eigenvalue weighted by atomic mass is 16.2. The summed E-state index contributed by atoms with van der Waals surface area (Å²) in [6.45, 7) is 9.19. The minimum atomic E-state index is 0.0917. The van der Waals surface area contributed by atoms with Crippen molar-refractivity contribution in [1.29, 1.82) is 0 Å².